The van der Waals surface area contributed by atoms with Crippen LogP contribution in [0.3, 0.4) is 0 Å². The van der Waals surface area contributed by atoms with Crippen LogP contribution in [0.2, 0.25) is 5.02 Å². The van der Waals surface area contributed by atoms with Crippen molar-refractivity contribution in [1.29, 1.82) is 0 Å². The molecule has 0 radical (unpaired) electrons. The van der Waals surface area contributed by atoms with Crippen molar-refractivity contribution in [3.8, 4) is 0 Å². The van der Waals surface area contributed by atoms with Gasteiger partial charge in [0.05, 0.1) is 0 Å². The van der Waals surface area contributed by atoms with E-state index in [0.717, 1.165) is 11.1 Å². The van der Waals surface area contributed by atoms with Gasteiger partial charge in [-0.2, -0.15) is 0 Å². The van der Waals surface area contributed by atoms with E-state index in [1.807, 2.05) is 44.2 Å². The van der Waals surface area contributed by atoms with Gasteiger partial charge >= 0.3 is 6.03 Å². The maximum absolute atomic E-state index is 12.0. The fourth-order valence-electron chi connectivity index (χ4n) is 1.88. The van der Waals surface area contributed by atoms with Crippen molar-refractivity contribution in [3.05, 3.63) is 58.6 Å². The summed E-state index contributed by atoms with van der Waals surface area (Å²) in [6.07, 6.45) is 0. The molecule has 4 nitrogen and oxygen atoms in total. The highest BCUT2D eigenvalue weighted by molar-refractivity contribution is 6.31. The van der Waals surface area contributed by atoms with E-state index >= 15 is 0 Å². The monoisotopic (exact) mass is 303 g/mol. The van der Waals surface area contributed by atoms with E-state index in [-0.39, 0.29) is 12.1 Å². The van der Waals surface area contributed by atoms with E-state index in [0.29, 0.717) is 16.4 Å². The Morgan fingerprint density at radius 1 is 1.14 bits per heavy atom. The normalized spacial score (nSPS) is 11.8. The van der Waals surface area contributed by atoms with Crippen molar-refractivity contribution in [2.75, 3.05) is 10.6 Å². The molecule has 0 heterocycles. The second-order valence-corrected chi connectivity index (χ2v) is 5.39. The third-order valence-electron chi connectivity index (χ3n) is 3.14. The van der Waals surface area contributed by atoms with Gasteiger partial charge in [-0.1, -0.05) is 29.8 Å². The Hall–Kier alpha value is -2.04. The second kappa shape index (κ2) is 6.61. The van der Waals surface area contributed by atoms with Gasteiger partial charge in [-0.15, -0.1) is 0 Å². The number of amides is 2. The van der Waals surface area contributed by atoms with E-state index in [9.17, 15) is 4.79 Å². The first-order valence-electron chi connectivity index (χ1n) is 6.65. The molecule has 5 heteroatoms. The fraction of sp³-hybridized carbons (Fsp3) is 0.188. The van der Waals surface area contributed by atoms with Gasteiger partial charge in [0.2, 0.25) is 0 Å². The summed E-state index contributed by atoms with van der Waals surface area (Å²) in [4.78, 5) is 12.0. The van der Waals surface area contributed by atoms with Crippen molar-refractivity contribution in [3.63, 3.8) is 0 Å². The summed E-state index contributed by atoms with van der Waals surface area (Å²) in [5, 5.41) is 6.13. The van der Waals surface area contributed by atoms with Crippen LogP contribution in [-0.2, 0) is 0 Å². The zero-order valence-electron chi connectivity index (χ0n) is 12.0. The van der Waals surface area contributed by atoms with E-state index in [2.05, 4.69) is 10.6 Å². The third kappa shape index (κ3) is 4.21. The molecule has 0 saturated heterocycles. The van der Waals surface area contributed by atoms with Crippen LogP contribution in [0.4, 0.5) is 16.2 Å². The van der Waals surface area contributed by atoms with Gasteiger partial charge in [-0.25, -0.2) is 4.79 Å². The molecule has 0 aliphatic carbocycles. The molecule has 110 valence electrons. The largest absolute Gasteiger partial charge is 0.324 e. The highest BCUT2D eigenvalue weighted by atomic mass is 35.5. The van der Waals surface area contributed by atoms with Crippen LogP contribution in [0, 0.1) is 6.92 Å². The predicted octanol–water partition coefficient (Wildman–Crippen LogP) is 4.31. The highest BCUT2D eigenvalue weighted by Crippen LogP contribution is 2.20. The van der Waals surface area contributed by atoms with E-state index in [1.54, 1.807) is 12.1 Å². The smallest absolute Gasteiger partial charge is 0.323 e. The first kappa shape index (κ1) is 15.4. The number of aryl methyl sites for hydroxylation is 1. The Morgan fingerprint density at radius 3 is 2.43 bits per heavy atom. The number of anilines is 2. The van der Waals surface area contributed by atoms with Gasteiger partial charge in [0.15, 0.2) is 0 Å². The lowest BCUT2D eigenvalue weighted by Gasteiger charge is -2.11. The summed E-state index contributed by atoms with van der Waals surface area (Å²) in [5.74, 6) is 0. The molecular weight excluding hydrogens is 286 g/mol. The lowest BCUT2D eigenvalue weighted by molar-refractivity contribution is 0.262. The Bertz CT molecular complexity index is 638. The number of halogens is 1. The number of benzene rings is 2. The van der Waals surface area contributed by atoms with Crippen LogP contribution >= 0.6 is 11.6 Å². The summed E-state index contributed by atoms with van der Waals surface area (Å²) >= 11 is 5.92. The summed E-state index contributed by atoms with van der Waals surface area (Å²) in [5.41, 5.74) is 9.14. The average Bonchev–Trinajstić information content (AvgIpc) is 2.43. The standard InChI is InChI=1S/C16H18ClN3O/c1-10-3-6-13(17)9-15(10)20-16(21)19-14-7-4-12(5-8-14)11(2)18/h3-9,11H,18H2,1-2H3,(H2,19,20,21). The molecule has 2 aromatic carbocycles. The molecule has 1 unspecified atom stereocenters. The molecule has 0 fully saturated rings. The predicted molar refractivity (Wildman–Crippen MR) is 87.9 cm³/mol. The minimum absolute atomic E-state index is 0.0259. The van der Waals surface area contributed by atoms with Gasteiger partial charge in [-0.05, 0) is 49.2 Å². The van der Waals surface area contributed by atoms with Gasteiger partial charge in [-0.3, -0.25) is 0 Å². The first-order chi connectivity index (χ1) is 9.95. The van der Waals surface area contributed by atoms with Crippen LogP contribution in [0.5, 0.6) is 0 Å². The number of rotatable bonds is 3. The number of hydrogen-bond acceptors (Lipinski definition) is 2. The van der Waals surface area contributed by atoms with E-state index in [1.165, 1.54) is 0 Å². The topological polar surface area (TPSA) is 67.2 Å². The molecule has 0 aliphatic heterocycles. The third-order valence-corrected chi connectivity index (χ3v) is 3.38. The van der Waals surface area contributed by atoms with Crippen LogP contribution in [0.25, 0.3) is 0 Å². The van der Waals surface area contributed by atoms with Gasteiger partial charge in [0.1, 0.15) is 0 Å². The summed E-state index contributed by atoms with van der Waals surface area (Å²) in [6, 6.07) is 12.5. The second-order valence-electron chi connectivity index (χ2n) is 4.95. The Balaban J connectivity index is 2.03. The summed E-state index contributed by atoms with van der Waals surface area (Å²) in [7, 11) is 0. The molecule has 2 amide bonds. The molecule has 0 bridgehead atoms. The van der Waals surface area contributed by atoms with Crippen molar-refractivity contribution in [1.82, 2.24) is 0 Å². The molecule has 2 rings (SSSR count). The molecule has 0 aromatic heterocycles. The van der Waals surface area contributed by atoms with Crippen molar-refractivity contribution < 1.29 is 4.79 Å². The van der Waals surface area contributed by atoms with Crippen LogP contribution in [0.15, 0.2) is 42.5 Å². The van der Waals surface area contributed by atoms with Crippen molar-refractivity contribution in [2.24, 2.45) is 5.73 Å². The molecule has 0 spiro atoms. The van der Waals surface area contributed by atoms with Gasteiger partial charge < -0.3 is 16.4 Å². The summed E-state index contributed by atoms with van der Waals surface area (Å²) in [6.45, 7) is 3.82. The van der Waals surface area contributed by atoms with Crippen LogP contribution in [-0.4, -0.2) is 6.03 Å². The summed E-state index contributed by atoms with van der Waals surface area (Å²) < 4.78 is 0. The number of hydrogen-bond donors (Lipinski definition) is 3. The van der Waals surface area contributed by atoms with Gasteiger partial charge in [0.25, 0.3) is 0 Å². The number of nitrogens with two attached hydrogens (primary N) is 1. The van der Waals surface area contributed by atoms with Crippen molar-refractivity contribution in [2.45, 2.75) is 19.9 Å². The van der Waals surface area contributed by atoms with Crippen LogP contribution in [0.1, 0.15) is 24.1 Å². The van der Waals surface area contributed by atoms with E-state index in [4.69, 9.17) is 17.3 Å². The molecule has 4 N–H and O–H groups in total. The first-order valence-corrected chi connectivity index (χ1v) is 7.03. The number of urea groups is 1. The number of carbonyl (C=O) groups is 1. The Labute approximate surface area is 129 Å². The number of nitrogens with one attached hydrogen (secondary N) is 2. The Morgan fingerprint density at radius 2 is 1.81 bits per heavy atom. The van der Waals surface area contributed by atoms with Crippen LogP contribution < -0.4 is 16.4 Å². The fourth-order valence-corrected chi connectivity index (χ4v) is 2.06. The number of carbonyl (C=O) groups excluding carboxylic acids is 1. The molecule has 21 heavy (non-hydrogen) atoms. The zero-order valence-corrected chi connectivity index (χ0v) is 12.7. The van der Waals surface area contributed by atoms with Crippen molar-refractivity contribution >= 4 is 29.0 Å². The lowest BCUT2D eigenvalue weighted by Crippen LogP contribution is -2.20. The van der Waals surface area contributed by atoms with Gasteiger partial charge in [0, 0.05) is 22.4 Å². The molecule has 0 aliphatic rings. The molecule has 2 aromatic rings. The molecule has 0 saturated carbocycles. The lowest BCUT2D eigenvalue weighted by atomic mass is 10.1. The maximum Gasteiger partial charge on any atom is 0.323 e. The SMILES string of the molecule is Cc1ccc(Cl)cc1NC(=O)Nc1ccc(C(C)N)cc1. The minimum Gasteiger partial charge on any atom is -0.324 e. The highest BCUT2D eigenvalue weighted by Gasteiger charge is 2.06. The molecule has 1 atom stereocenters. The minimum atomic E-state index is -0.311. The zero-order chi connectivity index (χ0) is 15.4. The maximum atomic E-state index is 12.0. The average molecular weight is 304 g/mol. The molecular formula is C16H18ClN3O. The Kier molecular flexibility index (Phi) is 4.83. The van der Waals surface area contributed by atoms with E-state index < -0.39 is 0 Å². The quantitative estimate of drug-likeness (QED) is 0.791.